The van der Waals surface area contributed by atoms with Crippen molar-refractivity contribution >= 4 is 34.8 Å². The first-order valence-corrected chi connectivity index (χ1v) is 11.2. The van der Waals surface area contributed by atoms with Crippen molar-refractivity contribution in [1.82, 2.24) is 0 Å². The summed E-state index contributed by atoms with van der Waals surface area (Å²) in [6, 6.07) is 8.95. The Kier molecular flexibility index (Phi) is 6.63. The van der Waals surface area contributed by atoms with E-state index < -0.39 is 5.79 Å². The molecule has 2 aliphatic rings. The number of carbonyl (C=O) groups is 1. The largest absolute Gasteiger partial charge is 0.493 e. The fourth-order valence-electron chi connectivity index (χ4n) is 3.98. The van der Waals surface area contributed by atoms with E-state index in [4.69, 9.17) is 42.1 Å². The van der Waals surface area contributed by atoms with Crippen LogP contribution in [0.25, 0.3) is 0 Å². The zero-order valence-corrected chi connectivity index (χ0v) is 19.1. The van der Waals surface area contributed by atoms with Gasteiger partial charge in [-0.25, -0.2) is 0 Å². The molecule has 0 atom stereocenters. The Morgan fingerprint density at radius 2 is 1.81 bits per heavy atom. The standard InChI is InChI=1S/C23H25Cl2NO5/c1-3-4-5-10-29-18-9-6-15(13-19(18)28-2)14-26-21-17(25)8-7-16(24)20(21)23(22(26)27)30-11-12-31-23/h6-9,13H,3-5,10-12,14H2,1-2H3. The van der Waals surface area contributed by atoms with Gasteiger partial charge >= 0.3 is 0 Å². The van der Waals surface area contributed by atoms with Gasteiger partial charge < -0.3 is 23.8 Å². The number of hydrogen-bond donors (Lipinski definition) is 0. The minimum absolute atomic E-state index is 0.257. The molecule has 2 heterocycles. The van der Waals surface area contributed by atoms with E-state index in [1.165, 1.54) is 0 Å². The average molecular weight is 466 g/mol. The molecule has 2 aliphatic heterocycles. The van der Waals surface area contributed by atoms with Gasteiger partial charge in [-0.2, -0.15) is 0 Å². The topological polar surface area (TPSA) is 57.2 Å². The van der Waals surface area contributed by atoms with E-state index in [9.17, 15) is 4.79 Å². The second-order valence-electron chi connectivity index (χ2n) is 7.50. The molecule has 0 unspecified atom stereocenters. The molecule has 2 aromatic rings. The molecule has 1 saturated heterocycles. The predicted octanol–water partition coefficient (Wildman–Crippen LogP) is 5.32. The Hall–Kier alpha value is -1.99. The third kappa shape index (κ3) is 3.98. The summed E-state index contributed by atoms with van der Waals surface area (Å²) in [6.07, 6.45) is 3.24. The van der Waals surface area contributed by atoms with Crippen LogP contribution in [-0.4, -0.2) is 32.8 Å². The first kappa shape index (κ1) is 22.2. The summed E-state index contributed by atoms with van der Waals surface area (Å²) < 4.78 is 22.9. The van der Waals surface area contributed by atoms with E-state index in [1.54, 1.807) is 24.1 Å². The van der Waals surface area contributed by atoms with Gasteiger partial charge in [-0.15, -0.1) is 0 Å². The lowest BCUT2D eigenvalue weighted by Gasteiger charge is -2.22. The van der Waals surface area contributed by atoms with Crippen LogP contribution in [0.2, 0.25) is 10.0 Å². The summed E-state index contributed by atoms with van der Waals surface area (Å²) >= 11 is 12.9. The monoisotopic (exact) mass is 465 g/mol. The van der Waals surface area contributed by atoms with Crippen molar-refractivity contribution in [2.45, 2.75) is 38.5 Å². The van der Waals surface area contributed by atoms with Crippen molar-refractivity contribution in [3.8, 4) is 11.5 Å². The number of methoxy groups -OCH3 is 1. The number of fused-ring (bicyclic) bond motifs is 2. The molecule has 0 bridgehead atoms. The molecule has 31 heavy (non-hydrogen) atoms. The zero-order valence-electron chi connectivity index (χ0n) is 17.6. The normalized spacial score (nSPS) is 16.8. The molecule has 0 aliphatic carbocycles. The zero-order chi connectivity index (χ0) is 22.0. The van der Waals surface area contributed by atoms with E-state index >= 15 is 0 Å². The molecule has 0 aromatic heterocycles. The van der Waals surface area contributed by atoms with Crippen molar-refractivity contribution in [2.75, 3.05) is 31.8 Å². The summed E-state index contributed by atoms with van der Waals surface area (Å²) in [5.41, 5.74) is 1.83. The molecular formula is C23H25Cl2NO5. The van der Waals surface area contributed by atoms with Gasteiger partial charge in [-0.05, 0) is 36.2 Å². The summed E-state index contributed by atoms with van der Waals surface area (Å²) in [6.45, 7) is 3.65. The summed E-state index contributed by atoms with van der Waals surface area (Å²) in [7, 11) is 1.60. The van der Waals surface area contributed by atoms with Crippen molar-refractivity contribution in [3.05, 3.63) is 51.5 Å². The van der Waals surface area contributed by atoms with Crippen molar-refractivity contribution in [2.24, 2.45) is 0 Å². The highest BCUT2D eigenvalue weighted by Gasteiger charge is 2.58. The van der Waals surface area contributed by atoms with Crippen LogP contribution in [0.5, 0.6) is 11.5 Å². The molecule has 0 saturated carbocycles. The van der Waals surface area contributed by atoms with Gasteiger partial charge in [0.1, 0.15) is 0 Å². The molecule has 0 radical (unpaired) electrons. The number of benzene rings is 2. The molecule has 6 nitrogen and oxygen atoms in total. The first-order valence-electron chi connectivity index (χ1n) is 10.4. The van der Waals surface area contributed by atoms with Crippen LogP contribution in [0, 0.1) is 0 Å². The van der Waals surface area contributed by atoms with E-state index in [-0.39, 0.29) is 12.5 Å². The maximum absolute atomic E-state index is 13.4. The molecule has 166 valence electrons. The molecule has 1 amide bonds. The van der Waals surface area contributed by atoms with Gasteiger partial charge in [0.05, 0.1) is 54.8 Å². The minimum Gasteiger partial charge on any atom is -0.493 e. The Morgan fingerprint density at radius 1 is 1.06 bits per heavy atom. The summed E-state index contributed by atoms with van der Waals surface area (Å²) in [4.78, 5) is 15.0. The Balaban J connectivity index is 1.63. The van der Waals surface area contributed by atoms with Gasteiger partial charge in [0, 0.05) is 0 Å². The van der Waals surface area contributed by atoms with Crippen molar-refractivity contribution < 1.29 is 23.7 Å². The number of rotatable bonds is 8. The number of ether oxygens (including phenoxy) is 4. The Bertz CT molecular complexity index is 975. The number of hydrogen-bond acceptors (Lipinski definition) is 5. The smallest absolute Gasteiger partial charge is 0.292 e. The molecule has 1 fully saturated rings. The van der Waals surface area contributed by atoms with E-state index in [0.29, 0.717) is 52.6 Å². The highest BCUT2D eigenvalue weighted by molar-refractivity contribution is 6.38. The SMILES string of the molecule is CCCCCOc1ccc(CN2C(=O)C3(OCCO3)c3c(Cl)ccc(Cl)c32)cc1OC. The van der Waals surface area contributed by atoms with E-state index in [0.717, 1.165) is 24.8 Å². The van der Waals surface area contributed by atoms with Crippen molar-refractivity contribution in [3.63, 3.8) is 0 Å². The predicted molar refractivity (Wildman–Crippen MR) is 119 cm³/mol. The number of amides is 1. The number of carbonyl (C=O) groups excluding carboxylic acids is 1. The molecule has 1 spiro atoms. The van der Waals surface area contributed by atoms with Crippen LogP contribution in [-0.2, 0) is 26.6 Å². The Labute approximate surface area is 191 Å². The number of nitrogens with zero attached hydrogens (tertiary/aromatic N) is 1. The quantitative estimate of drug-likeness (QED) is 0.493. The molecule has 2 aromatic carbocycles. The summed E-state index contributed by atoms with van der Waals surface area (Å²) in [5.74, 6) is -0.588. The van der Waals surface area contributed by atoms with Gasteiger partial charge in [0.2, 0.25) is 0 Å². The highest BCUT2D eigenvalue weighted by Crippen LogP contribution is 2.52. The minimum atomic E-state index is -1.54. The number of anilines is 1. The average Bonchev–Trinajstić information content (AvgIpc) is 3.35. The van der Waals surface area contributed by atoms with Crippen molar-refractivity contribution in [1.29, 1.82) is 0 Å². The van der Waals surface area contributed by atoms with Crippen LogP contribution in [0.3, 0.4) is 0 Å². The van der Waals surface area contributed by atoms with Crippen LogP contribution < -0.4 is 14.4 Å². The lowest BCUT2D eigenvalue weighted by molar-refractivity contribution is -0.180. The fourth-order valence-corrected chi connectivity index (χ4v) is 4.52. The van der Waals surface area contributed by atoms with Gasteiger partial charge in [0.25, 0.3) is 11.7 Å². The maximum Gasteiger partial charge on any atom is 0.292 e. The molecule has 0 N–H and O–H groups in total. The molecule has 8 heteroatoms. The van der Waals surface area contributed by atoms with E-state index in [2.05, 4.69) is 6.92 Å². The molecular weight excluding hydrogens is 441 g/mol. The maximum atomic E-state index is 13.4. The van der Waals surface area contributed by atoms with Gasteiger partial charge in [-0.3, -0.25) is 4.79 Å². The fraction of sp³-hybridized carbons (Fsp3) is 0.435. The number of unbranched alkanes of at least 4 members (excludes halogenated alkanes) is 2. The Morgan fingerprint density at radius 3 is 2.52 bits per heavy atom. The van der Waals surface area contributed by atoms with Crippen LogP contribution >= 0.6 is 23.2 Å². The second-order valence-corrected chi connectivity index (χ2v) is 8.31. The summed E-state index contributed by atoms with van der Waals surface area (Å²) in [5, 5.41) is 0.789. The second kappa shape index (κ2) is 9.25. The third-order valence-electron chi connectivity index (χ3n) is 5.47. The van der Waals surface area contributed by atoms with E-state index in [1.807, 2.05) is 18.2 Å². The lowest BCUT2D eigenvalue weighted by Crippen LogP contribution is -2.41. The van der Waals surface area contributed by atoms with Crippen LogP contribution in [0.1, 0.15) is 37.3 Å². The lowest BCUT2D eigenvalue weighted by atomic mass is 10.1. The van der Waals surface area contributed by atoms with Crippen LogP contribution in [0.15, 0.2) is 30.3 Å². The number of halogens is 2. The third-order valence-corrected chi connectivity index (χ3v) is 6.09. The first-order chi connectivity index (χ1) is 15.0. The van der Waals surface area contributed by atoms with Crippen LogP contribution in [0.4, 0.5) is 5.69 Å². The molecule has 4 rings (SSSR count). The van der Waals surface area contributed by atoms with Gasteiger partial charge in [0.15, 0.2) is 11.5 Å². The highest BCUT2D eigenvalue weighted by atomic mass is 35.5. The van der Waals surface area contributed by atoms with Gasteiger partial charge in [-0.1, -0.05) is 49.0 Å².